The van der Waals surface area contributed by atoms with E-state index < -0.39 is 0 Å². The standard InChI is InChI=1S/C15H20N6.C2H5NO/c1-10-5-7-21(9-10)15-16-6-4-13(18-15)17-14-8-12(19-20-14)11-2-3-11;1-3-2-4/h4,6,8,10-11H,2-3,5,7,9H2,1H3,(H2,16,17,18,19,20);2H,1H3,(H,3,4). The highest BCUT2D eigenvalue weighted by molar-refractivity contribution is 5.53. The van der Waals surface area contributed by atoms with Crippen LogP contribution in [-0.4, -0.2) is 46.7 Å². The van der Waals surface area contributed by atoms with Crippen molar-refractivity contribution < 1.29 is 4.79 Å². The van der Waals surface area contributed by atoms with Gasteiger partial charge in [0.1, 0.15) is 5.82 Å². The summed E-state index contributed by atoms with van der Waals surface area (Å²) in [5.74, 6) is 3.84. The van der Waals surface area contributed by atoms with E-state index in [9.17, 15) is 0 Å². The maximum Gasteiger partial charge on any atom is 0.227 e. The number of rotatable bonds is 5. The lowest BCUT2D eigenvalue weighted by molar-refractivity contribution is -0.109. The largest absolute Gasteiger partial charge is 0.362 e. The van der Waals surface area contributed by atoms with Crippen molar-refractivity contribution in [1.82, 2.24) is 25.5 Å². The van der Waals surface area contributed by atoms with Gasteiger partial charge >= 0.3 is 0 Å². The van der Waals surface area contributed by atoms with E-state index in [2.05, 4.69) is 48.7 Å². The van der Waals surface area contributed by atoms with Gasteiger partial charge in [-0.1, -0.05) is 6.92 Å². The van der Waals surface area contributed by atoms with Crippen molar-refractivity contribution in [2.45, 2.75) is 32.1 Å². The summed E-state index contributed by atoms with van der Waals surface area (Å²) in [5.41, 5.74) is 1.22. The van der Waals surface area contributed by atoms with Crippen molar-refractivity contribution in [3.63, 3.8) is 0 Å². The zero-order chi connectivity index (χ0) is 17.6. The molecule has 0 spiro atoms. The normalized spacial score (nSPS) is 19.1. The molecule has 1 aliphatic carbocycles. The summed E-state index contributed by atoms with van der Waals surface area (Å²) in [6.07, 6.45) is 6.19. The molecule has 4 rings (SSSR count). The molecule has 0 radical (unpaired) electrons. The third-order valence-electron chi connectivity index (χ3n) is 4.34. The van der Waals surface area contributed by atoms with Crippen LogP contribution in [-0.2, 0) is 4.79 Å². The monoisotopic (exact) mass is 343 g/mol. The van der Waals surface area contributed by atoms with Gasteiger partial charge < -0.3 is 15.5 Å². The van der Waals surface area contributed by atoms with Crippen molar-refractivity contribution in [2.75, 3.05) is 30.4 Å². The number of anilines is 3. The Morgan fingerprint density at radius 3 is 2.76 bits per heavy atom. The van der Waals surface area contributed by atoms with Crippen molar-refractivity contribution in [3.05, 3.63) is 24.0 Å². The predicted octanol–water partition coefficient (Wildman–Crippen LogP) is 2.03. The van der Waals surface area contributed by atoms with Gasteiger partial charge in [-0.15, -0.1) is 0 Å². The Bertz CT molecular complexity index is 698. The Morgan fingerprint density at radius 2 is 2.12 bits per heavy atom. The smallest absolute Gasteiger partial charge is 0.227 e. The first kappa shape index (κ1) is 17.2. The Morgan fingerprint density at radius 1 is 1.32 bits per heavy atom. The summed E-state index contributed by atoms with van der Waals surface area (Å²) in [7, 11) is 1.56. The van der Waals surface area contributed by atoms with Gasteiger partial charge in [0, 0.05) is 44.0 Å². The Labute approximate surface area is 147 Å². The van der Waals surface area contributed by atoms with E-state index in [0.29, 0.717) is 12.3 Å². The molecule has 1 atom stereocenters. The molecule has 0 aromatic carbocycles. The zero-order valence-corrected chi connectivity index (χ0v) is 14.7. The van der Waals surface area contributed by atoms with Crippen molar-refractivity contribution in [2.24, 2.45) is 5.92 Å². The molecule has 3 heterocycles. The number of hydrogen-bond acceptors (Lipinski definition) is 6. The van der Waals surface area contributed by atoms with Crippen LogP contribution in [0.3, 0.4) is 0 Å². The lowest BCUT2D eigenvalue weighted by Crippen LogP contribution is -2.21. The Hall–Kier alpha value is -2.64. The number of nitrogens with one attached hydrogen (secondary N) is 3. The van der Waals surface area contributed by atoms with Gasteiger partial charge in [-0.2, -0.15) is 10.1 Å². The van der Waals surface area contributed by atoms with Crippen LogP contribution in [0.1, 0.15) is 37.8 Å². The number of amides is 1. The molecule has 134 valence electrons. The van der Waals surface area contributed by atoms with Gasteiger partial charge in [-0.05, 0) is 31.2 Å². The molecule has 25 heavy (non-hydrogen) atoms. The van der Waals surface area contributed by atoms with Crippen LogP contribution in [0, 0.1) is 5.92 Å². The van der Waals surface area contributed by atoms with Crippen LogP contribution < -0.4 is 15.5 Å². The SMILES string of the molecule is CC1CCN(c2nccc(Nc3cc(C4CC4)[nH]n3)n2)C1.CNC=O. The molecule has 1 amide bonds. The molecule has 3 N–H and O–H groups in total. The molecular formula is C17H25N7O. The average molecular weight is 343 g/mol. The minimum absolute atomic E-state index is 0.625. The summed E-state index contributed by atoms with van der Waals surface area (Å²) in [6, 6.07) is 3.96. The summed E-state index contributed by atoms with van der Waals surface area (Å²) in [4.78, 5) is 20.3. The summed E-state index contributed by atoms with van der Waals surface area (Å²) < 4.78 is 0. The number of aromatic amines is 1. The lowest BCUT2D eigenvalue weighted by Gasteiger charge is -2.16. The minimum atomic E-state index is 0.625. The van der Waals surface area contributed by atoms with Gasteiger partial charge in [-0.25, -0.2) is 4.98 Å². The Balaban J connectivity index is 0.000000415. The van der Waals surface area contributed by atoms with Crippen LogP contribution >= 0.6 is 0 Å². The molecule has 1 saturated carbocycles. The van der Waals surface area contributed by atoms with Crippen LogP contribution in [0.2, 0.25) is 0 Å². The molecule has 2 aliphatic rings. The quantitative estimate of drug-likeness (QED) is 0.719. The average Bonchev–Trinajstić information content (AvgIpc) is 3.23. The number of carbonyl (C=O) groups excluding carboxylic acids is 1. The van der Waals surface area contributed by atoms with E-state index in [1.807, 2.05) is 12.3 Å². The summed E-state index contributed by atoms with van der Waals surface area (Å²) >= 11 is 0. The van der Waals surface area contributed by atoms with E-state index in [1.165, 1.54) is 25.0 Å². The highest BCUT2D eigenvalue weighted by atomic mass is 16.1. The van der Waals surface area contributed by atoms with Crippen LogP contribution in [0.15, 0.2) is 18.3 Å². The van der Waals surface area contributed by atoms with E-state index in [4.69, 9.17) is 4.79 Å². The van der Waals surface area contributed by atoms with Gasteiger partial charge in [0.2, 0.25) is 12.4 Å². The highest BCUT2D eigenvalue weighted by Gasteiger charge is 2.25. The Kier molecular flexibility index (Phi) is 5.47. The van der Waals surface area contributed by atoms with Crippen LogP contribution in [0.5, 0.6) is 0 Å². The molecule has 1 unspecified atom stereocenters. The first-order chi connectivity index (χ1) is 12.2. The number of carbonyl (C=O) groups is 1. The number of aromatic nitrogens is 4. The van der Waals surface area contributed by atoms with E-state index >= 15 is 0 Å². The van der Waals surface area contributed by atoms with Gasteiger partial charge in [0.25, 0.3) is 0 Å². The predicted molar refractivity (Wildman–Crippen MR) is 97.0 cm³/mol. The van der Waals surface area contributed by atoms with Gasteiger partial charge in [0.05, 0.1) is 0 Å². The number of H-pyrrole nitrogens is 1. The third-order valence-corrected chi connectivity index (χ3v) is 4.34. The van der Waals surface area contributed by atoms with Crippen molar-refractivity contribution in [3.8, 4) is 0 Å². The van der Waals surface area contributed by atoms with E-state index in [-0.39, 0.29) is 0 Å². The molecule has 8 nitrogen and oxygen atoms in total. The zero-order valence-electron chi connectivity index (χ0n) is 14.7. The maximum absolute atomic E-state index is 9.06. The van der Waals surface area contributed by atoms with Crippen molar-refractivity contribution >= 4 is 24.0 Å². The lowest BCUT2D eigenvalue weighted by atomic mass is 10.2. The molecule has 2 aromatic rings. The second-order valence-electron chi connectivity index (χ2n) is 6.60. The number of nitrogens with zero attached hydrogens (tertiary/aromatic N) is 4. The van der Waals surface area contributed by atoms with Crippen molar-refractivity contribution in [1.29, 1.82) is 0 Å². The molecule has 2 aromatic heterocycles. The topological polar surface area (TPSA) is 98.8 Å². The molecular weight excluding hydrogens is 318 g/mol. The van der Waals surface area contributed by atoms with Crippen LogP contribution in [0.4, 0.5) is 17.6 Å². The minimum Gasteiger partial charge on any atom is -0.362 e. The second-order valence-corrected chi connectivity index (χ2v) is 6.60. The van der Waals surface area contributed by atoms with E-state index in [1.54, 1.807) is 7.05 Å². The second kappa shape index (κ2) is 7.96. The van der Waals surface area contributed by atoms with Gasteiger partial charge in [0.15, 0.2) is 5.82 Å². The third kappa shape index (κ3) is 4.68. The van der Waals surface area contributed by atoms with E-state index in [0.717, 1.165) is 36.6 Å². The molecule has 8 heteroatoms. The van der Waals surface area contributed by atoms with Crippen LogP contribution in [0.25, 0.3) is 0 Å². The number of hydrogen-bond donors (Lipinski definition) is 3. The summed E-state index contributed by atoms with van der Waals surface area (Å²) in [6.45, 7) is 4.35. The first-order valence-corrected chi connectivity index (χ1v) is 8.71. The summed E-state index contributed by atoms with van der Waals surface area (Å²) in [5, 5.41) is 12.9. The molecule has 0 bridgehead atoms. The van der Waals surface area contributed by atoms with Gasteiger partial charge in [-0.3, -0.25) is 9.89 Å². The highest BCUT2D eigenvalue weighted by Crippen LogP contribution is 2.39. The molecule has 2 fully saturated rings. The fourth-order valence-corrected chi connectivity index (χ4v) is 2.82. The molecule has 1 saturated heterocycles. The molecule has 1 aliphatic heterocycles. The maximum atomic E-state index is 9.06. The first-order valence-electron chi connectivity index (χ1n) is 8.71. The fourth-order valence-electron chi connectivity index (χ4n) is 2.82. The fraction of sp³-hybridized carbons (Fsp3) is 0.529.